The second-order valence-electron chi connectivity index (χ2n) is 6.33. The molecular weight excluding hydrogens is 288 g/mol. The van der Waals surface area contributed by atoms with Crippen molar-refractivity contribution in [3.05, 3.63) is 53.1 Å². The summed E-state index contributed by atoms with van der Waals surface area (Å²) in [5.74, 6) is 1.22. The van der Waals surface area contributed by atoms with Gasteiger partial charge < -0.3 is 10.2 Å². The van der Waals surface area contributed by atoms with Gasteiger partial charge in [0.05, 0.1) is 12.1 Å². The number of hydrogen-bond acceptors (Lipinski definition) is 2. The standard InChI is InChI=1S/C19H28N2S/c1-5-21-14-15-22-18(21)12-8-9-13-19(2,3)16-10-6-7-11-17(16)20-4/h6-12,20H,5,13-15H2,1-4H3/p+1/b9-8+,18-12-. The fourth-order valence-corrected chi connectivity index (χ4v) is 4.02. The summed E-state index contributed by atoms with van der Waals surface area (Å²) in [7, 11) is 2.12. The Balaban J connectivity index is 2.03. The van der Waals surface area contributed by atoms with Crippen molar-refractivity contribution in [1.82, 2.24) is 4.90 Å². The zero-order chi connectivity index (χ0) is 16.0. The third-order valence-electron chi connectivity index (χ3n) is 4.31. The molecule has 0 aliphatic carbocycles. The Hall–Kier alpha value is -1.19. The van der Waals surface area contributed by atoms with Gasteiger partial charge in [0.1, 0.15) is 5.69 Å². The van der Waals surface area contributed by atoms with E-state index in [-0.39, 0.29) is 5.41 Å². The van der Waals surface area contributed by atoms with E-state index in [0.717, 1.165) is 13.0 Å². The lowest BCUT2D eigenvalue weighted by atomic mass is 9.80. The molecule has 1 heterocycles. The molecule has 1 fully saturated rings. The van der Waals surface area contributed by atoms with Crippen LogP contribution in [-0.2, 0) is 5.41 Å². The van der Waals surface area contributed by atoms with E-state index in [1.165, 1.54) is 28.6 Å². The molecule has 0 spiro atoms. The van der Waals surface area contributed by atoms with Crippen molar-refractivity contribution in [2.24, 2.45) is 0 Å². The zero-order valence-electron chi connectivity index (χ0n) is 14.3. The summed E-state index contributed by atoms with van der Waals surface area (Å²) in [4.78, 5) is 2.45. The largest absolute Gasteiger partial charge is 0.366 e. The smallest absolute Gasteiger partial charge is 0.133 e. The van der Waals surface area contributed by atoms with Gasteiger partial charge >= 0.3 is 0 Å². The zero-order valence-corrected chi connectivity index (χ0v) is 15.1. The lowest BCUT2D eigenvalue weighted by Crippen LogP contribution is -2.73. The van der Waals surface area contributed by atoms with Crippen LogP contribution in [0.25, 0.3) is 0 Å². The average molecular weight is 318 g/mol. The lowest BCUT2D eigenvalue weighted by Gasteiger charge is -2.24. The summed E-state index contributed by atoms with van der Waals surface area (Å²) in [6.07, 6.45) is 7.87. The highest BCUT2D eigenvalue weighted by molar-refractivity contribution is 8.03. The molecule has 1 aliphatic heterocycles. The molecule has 1 aromatic carbocycles. The molecule has 2 N–H and O–H groups in total. The monoisotopic (exact) mass is 317 g/mol. The van der Waals surface area contributed by atoms with E-state index < -0.39 is 0 Å². The van der Waals surface area contributed by atoms with Crippen molar-refractivity contribution in [1.29, 1.82) is 0 Å². The number of para-hydroxylation sites is 1. The Morgan fingerprint density at radius 1 is 1.32 bits per heavy atom. The second-order valence-corrected chi connectivity index (χ2v) is 7.44. The highest BCUT2D eigenvalue weighted by atomic mass is 32.2. The normalized spacial score (nSPS) is 17.8. The first-order chi connectivity index (χ1) is 10.6. The Kier molecular flexibility index (Phi) is 6.16. The molecule has 0 amide bonds. The van der Waals surface area contributed by atoms with Gasteiger partial charge in [-0.3, -0.25) is 0 Å². The SMILES string of the molecule is CCN1CCS/C1=C\C=C\CC(C)(C)c1ccccc1[NH2+]C. The summed E-state index contributed by atoms with van der Waals surface area (Å²) < 4.78 is 0. The highest BCUT2D eigenvalue weighted by Gasteiger charge is 2.23. The number of quaternary nitrogens is 1. The molecule has 1 aliphatic rings. The van der Waals surface area contributed by atoms with Crippen LogP contribution in [0.1, 0.15) is 32.8 Å². The van der Waals surface area contributed by atoms with Gasteiger partial charge in [0.15, 0.2) is 0 Å². The number of hydrogen-bond donors (Lipinski definition) is 1. The number of rotatable bonds is 6. The van der Waals surface area contributed by atoms with Crippen LogP contribution in [0.3, 0.4) is 0 Å². The third kappa shape index (κ3) is 4.17. The van der Waals surface area contributed by atoms with Crippen LogP contribution in [0.5, 0.6) is 0 Å². The van der Waals surface area contributed by atoms with E-state index in [4.69, 9.17) is 0 Å². The average Bonchev–Trinajstić information content (AvgIpc) is 2.99. The van der Waals surface area contributed by atoms with Gasteiger partial charge in [-0.1, -0.05) is 44.2 Å². The first kappa shape index (κ1) is 17.2. The highest BCUT2D eigenvalue weighted by Crippen LogP contribution is 2.31. The van der Waals surface area contributed by atoms with Crippen LogP contribution in [0.2, 0.25) is 0 Å². The second kappa shape index (κ2) is 7.89. The molecular formula is C19H29N2S+. The van der Waals surface area contributed by atoms with Crippen molar-refractivity contribution in [2.45, 2.75) is 32.6 Å². The Bertz CT molecular complexity index is 546. The maximum Gasteiger partial charge on any atom is 0.133 e. The first-order valence-corrected chi connectivity index (χ1v) is 9.20. The molecule has 1 saturated heterocycles. The van der Waals surface area contributed by atoms with Crippen molar-refractivity contribution >= 4 is 17.4 Å². The molecule has 0 bridgehead atoms. The van der Waals surface area contributed by atoms with Gasteiger partial charge in [-0.25, -0.2) is 0 Å². The molecule has 120 valence electrons. The van der Waals surface area contributed by atoms with E-state index in [2.05, 4.69) is 80.5 Å². The van der Waals surface area contributed by atoms with Crippen molar-refractivity contribution in [2.75, 3.05) is 25.9 Å². The fraction of sp³-hybridized carbons (Fsp3) is 0.474. The number of thioether (sulfide) groups is 1. The minimum atomic E-state index is 0.158. The molecule has 0 aromatic heterocycles. The first-order valence-electron chi connectivity index (χ1n) is 8.22. The number of nitrogens with two attached hydrogens (primary N) is 1. The third-order valence-corrected chi connectivity index (χ3v) is 5.39. The molecule has 3 heteroatoms. The maximum absolute atomic E-state index is 2.45. The number of benzene rings is 1. The van der Waals surface area contributed by atoms with Crippen LogP contribution in [0, 0.1) is 0 Å². The Morgan fingerprint density at radius 2 is 2.09 bits per heavy atom. The summed E-state index contributed by atoms with van der Waals surface area (Å²) in [6.45, 7) is 9.18. The van der Waals surface area contributed by atoms with Crippen molar-refractivity contribution < 1.29 is 5.32 Å². The van der Waals surface area contributed by atoms with Gasteiger partial charge in [0, 0.05) is 24.4 Å². The minimum absolute atomic E-state index is 0.158. The van der Waals surface area contributed by atoms with Crippen LogP contribution < -0.4 is 5.32 Å². The molecule has 2 rings (SSSR count). The van der Waals surface area contributed by atoms with Gasteiger partial charge in [-0.15, -0.1) is 11.8 Å². The quantitative estimate of drug-likeness (QED) is 0.808. The maximum atomic E-state index is 2.45. The number of nitrogens with zero attached hydrogens (tertiary/aromatic N) is 1. The summed E-state index contributed by atoms with van der Waals surface area (Å²) in [5, 5.41) is 3.62. The van der Waals surface area contributed by atoms with Crippen LogP contribution in [0.4, 0.5) is 5.69 Å². The summed E-state index contributed by atoms with van der Waals surface area (Å²) in [5.41, 5.74) is 2.94. The van der Waals surface area contributed by atoms with Gasteiger partial charge in [0.2, 0.25) is 0 Å². The van der Waals surface area contributed by atoms with E-state index in [0.29, 0.717) is 0 Å². The molecule has 22 heavy (non-hydrogen) atoms. The van der Waals surface area contributed by atoms with E-state index in [1.807, 2.05) is 11.8 Å². The van der Waals surface area contributed by atoms with Crippen LogP contribution in [-0.4, -0.2) is 30.8 Å². The summed E-state index contributed by atoms with van der Waals surface area (Å²) >= 11 is 1.97. The topological polar surface area (TPSA) is 19.9 Å². The van der Waals surface area contributed by atoms with Crippen LogP contribution in [0.15, 0.2) is 47.5 Å². The van der Waals surface area contributed by atoms with E-state index in [9.17, 15) is 0 Å². The lowest BCUT2D eigenvalue weighted by molar-refractivity contribution is -0.540. The van der Waals surface area contributed by atoms with Gasteiger partial charge in [-0.05, 0) is 30.9 Å². The minimum Gasteiger partial charge on any atom is -0.366 e. The predicted molar refractivity (Wildman–Crippen MR) is 98.5 cm³/mol. The van der Waals surface area contributed by atoms with Gasteiger partial charge in [-0.2, -0.15) is 0 Å². The number of allylic oxidation sites excluding steroid dienone is 3. The molecule has 0 atom stereocenters. The van der Waals surface area contributed by atoms with Crippen LogP contribution >= 0.6 is 11.8 Å². The van der Waals surface area contributed by atoms with E-state index >= 15 is 0 Å². The van der Waals surface area contributed by atoms with Crippen molar-refractivity contribution in [3.63, 3.8) is 0 Å². The Morgan fingerprint density at radius 3 is 2.82 bits per heavy atom. The molecule has 0 radical (unpaired) electrons. The molecule has 1 aromatic rings. The van der Waals surface area contributed by atoms with E-state index in [1.54, 1.807) is 0 Å². The summed E-state index contributed by atoms with van der Waals surface area (Å²) in [6, 6.07) is 8.72. The predicted octanol–water partition coefficient (Wildman–Crippen LogP) is 3.65. The molecule has 0 saturated carbocycles. The van der Waals surface area contributed by atoms with Crippen molar-refractivity contribution in [3.8, 4) is 0 Å². The van der Waals surface area contributed by atoms with Gasteiger partial charge in [0.25, 0.3) is 0 Å². The Labute approximate surface area is 139 Å². The molecule has 2 nitrogen and oxygen atoms in total. The molecule has 0 unspecified atom stereocenters. The fourth-order valence-electron chi connectivity index (χ4n) is 2.92.